The van der Waals surface area contributed by atoms with Crippen molar-refractivity contribution in [3.8, 4) is 0 Å². The Hall–Kier alpha value is -1.25. The van der Waals surface area contributed by atoms with Crippen LogP contribution in [0.1, 0.15) is 18.9 Å². The van der Waals surface area contributed by atoms with Crippen molar-refractivity contribution in [2.24, 2.45) is 10.1 Å². The summed E-state index contributed by atoms with van der Waals surface area (Å²) in [6.45, 7) is 1.99. The second kappa shape index (κ2) is 6.67. The summed E-state index contributed by atoms with van der Waals surface area (Å²) in [5.74, 6) is 0.0859. The zero-order chi connectivity index (χ0) is 15.6. The summed E-state index contributed by atoms with van der Waals surface area (Å²) in [5, 5.41) is 8.78. The average Bonchev–Trinajstić information content (AvgIpc) is 2.80. The number of halogens is 1. The van der Waals surface area contributed by atoms with Gasteiger partial charge in [0.05, 0.1) is 11.5 Å². The molecule has 0 saturated heterocycles. The third-order valence-electron chi connectivity index (χ3n) is 3.17. The zero-order valence-corrected chi connectivity index (χ0v) is 13.9. The van der Waals surface area contributed by atoms with E-state index < -0.39 is 11.0 Å². The van der Waals surface area contributed by atoms with Crippen molar-refractivity contribution in [1.82, 2.24) is 0 Å². The van der Waals surface area contributed by atoms with E-state index in [1.165, 1.54) is 6.92 Å². The smallest absolute Gasteiger partial charge is 0.223 e. The van der Waals surface area contributed by atoms with Gasteiger partial charge in [-0.3, -0.25) is 4.79 Å². The minimum Gasteiger partial charge on any atom is -0.396 e. The van der Waals surface area contributed by atoms with Gasteiger partial charge in [-0.05, 0) is 40.0 Å². The summed E-state index contributed by atoms with van der Waals surface area (Å²) >= 11 is 3.38. The Bertz CT molecular complexity index is 633. The Morgan fingerprint density at radius 1 is 1.57 bits per heavy atom. The van der Waals surface area contributed by atoms with Gasteiger partial charge in [0, 0.05) is 30.0 Å². The van der Waals surface area contributed by atoms with Crippen LogP contribution in [-0.4, -0.2) is 34.2 Å². The Morgan fingerprint density at radius 3 is 2.90 bits per heavy atom. The lowest BCUT2D eigenvalue weighted by Crippen LogP contribution is -2.25. The van der Waals surface area contributed by atoms with Gasteiger partial charge < -0.3 is 15.7 Å². The number of amidine groups is 1. The molecule has 1 unspecified atom stereocenters. The maximum atomic E-state index is 12.3. The molecule has 1 aromatic carbocycles. The number of carbonyl (C=O) groups excluding carboxylic acids is 1. The number of anilines is 1. The molecule has 2 rings (SSSR count). The van der Waals surface area contributed by atoms with Crippen LogP contribution >= 0.6 is 15.9 Å². The Balaban J connectivity index is 2.38. The lowest BCUT2D eigenvalue weighted by Gasteiger charge is -2.15. The predicted molar refractivity (Wildman–Crippen MR) is 85.6 cm³/mol. The van der Waals surface area contributed by atoms with Gasteiger partial charge in [-0.15, -0.1) is 0 Å². The molecule has 1 aromatic rings. The first kappa shape index (κ1) is 16.1. The van der Waals surface area contributed by atoms with Gasteiger partial charge in [0.15, 0.2) is 11.0 Å². The highest BCUT2D eigenvalue weighted by atomic mass is 79.9. The zero-order valence-electron chi connectivity index (χ0n) is 11.5. The van der Waals surface area contributed by atoms with Crippen LogP contribution < -0.4 is 10.6 Å². The number of carbonyl (C=O) groups is 1. The summed E-state index contributed by atoms with van der Waals surface area (Å²) in [4.78, 5) is 13.7. The topological polar surface area (TPSA) is 96.0 Å². The van der Waals surface area contributed by atoms with Gasteiger partial charge in [-0.2, -0.15) is 4.40 Å². The first-order valence-electron chi connectivity index (χ1n) is 6.40. The number of fused-ring (bicyclic) bond motifs is 1. The van der Waals surface area contributed by atoms with Gasteiger partial charge in [-0.1, -0.05) is 0 Å². The van der Waals surface area contributed by atoms with Crippen molar-refractivity contribution in [2.75, 3.05) is 18.1 Å². The molecule has 21 heavy (non-hydrogen) atoms. The van der Waals surface area contributed by atoms with Gasteiger partial charge in [-0.25, -0.2) is 4.21 Å². The number of aliphatic hydroxyl groups is 1. The molecule has 0 radical (unpaired) electrons. The fraction of sp³-hybridized carbons (Fsp3) is 0.385. The molecule has 8 heteroatoms. The van der Waals surface area contributed by atoms with Gasteiger partial charge >= 0.3 is 0 Å². The van der Waals surface area contributed by atoms with Crippen LogP contribution in [-0.2, 0) is 22.2 Å². The van der Waals surface area contributed by atoms with Gasteiger partial charge in [0.2, 0.25) is 5.91 Å². The Morgan fingerprint density at radius 2 is 2.29 bits per heavy atom. The molecule has 1 aliphatic heterocycles. The van der Waals surface area contributed by atoms with E-state index >= 15 is 0 Å². The molecule has 1 aliphatic rings. The van der Waals surface area contributed by atoms with Crippen molar-refractivity contribution >= 4 is 44.3 Å². The number of hydrogen-bond donors (Lipinski definition) is 2. The standard InChI is InChI=1S/C13H16BrN3O3S/c1-8(19)17-4-2-9-6-10(14)12(7-11(9)17)21(20)16-13(15)3-5-18/h6-7,18H,2-5H2,1H3,(H2,15,16). The number of amides is 1. The fourth-order valence-corrected chi connectivity index (χ4v) is 3.81. The number of aliphatic hydroxyl groups excluding tert-OH is 1. The first-order valence-corrected chi connectivity index (χ1v) is 8.30. The van der Waals surface area contributed by atoms with Crippen LogP contribution in [0, 0.1) is 0 Å². The van der Waals surface area contributed by atoms with E-state index in [9.17, 15) is 9.00 Å². The number of hydrogen-bond acceptors (Lipinski definition) is 3. The first-order chi connectivity index (χ1) is 9.93. The van der Waals surface area contributed by atoms with Crippen molar-refractivity contribution in [2.45, 2.75) is 24.7 Å². The van der Waals surface area contributed by atoms with Gasteiger partial charge in [0.1, 0.15) is 5.84 Å². The third-order valence-corrected chi connectivity index (χ3v) is 5.20. The summed E-state index contributed by atoms with van der Waals surface area (Å²) in [6, 6.07) is 3.57. The lowest BCUT2D eigenvalue weighted by atomic mass is 10.2. The quantitative estimate of drug-likeness (QED) is 0.610. The van der Waals surface area contributed by atoms with Crippen molar-refractivity contribution in [3.63, 3.8) is 0 Å². The van der Waals surface area contributed by atoms with E-state index in [1.54, 1.807) is 11.0 Å². The monoisotopic (exact) mass is 373 g/mol. The highest BCUT2D eigenvalue weighted by molar-refractivity contribution is 9.10. The molecular weight excluding hydrogens is 358 g/mol. The molecule has 1 atom stereocenters. The van der Waals surface area contributed by atoms with Crippen LogP contribution in [0.3, 0.4) is 0 Å². The van der Waals surface area contributed by atoms with E-state index in [0.717, 1.165) is 17.7 Å². The minimum absolute atomic E-state index is 0.0453. The minimum atomic E-state index is -1.68. The molecule has 1 amide bonds. The maximum absolute atomic E-state index is 12.3. The predicted octanol–water partition coefficient (Wildman–Crippen LogP) is 1.12. The molecule has 3 N–H and O–H groups in total. The maximum Gasteiger partial charge on any atom is 0.223 e. The molecule has 0 bridgehead atoms. The molecule has 0 aliphatic carbocycles. The summed E-state index contributed by atoms with van der Waals surface area (Å²) in [6.07, 6.45) is 0.949. The summed E-state index contributed by atoms with van der Waals surface area (Å²) in [5.41, 5.74) is 7.38. The molecule has 114 valence electrons. The molecule has 0 fully saturated rings. The molecular formula is C13H16BrN3O3S. The Kier molecular flexibility index (Phi) is 5.13. The number of rotatable bonds is 4. The van der Waals surface area contributed by atoms with E-state index in [1.807, 2.05) is 6.07 Å². The number of benzene rings is 1. The molecule has 0 aromatic heterocycles. The SMILES string of the molecule is CC(=O)N1CCc2cc(Br)c(S(=O)/N=C(\N)CCO)cc21. The summed E-state index contributed by atoms with van der Waals surface area (Å²) < 4.78 is 16.8. The fourth-order valence-electron chi connectivity index (χ4n) is 2.16. The van der Waals surface area contributed by atoms with Crippen LogP contribution in [0.5, 0.6) is 0 Å². The van der Waals surface area contributed by atoms with E-state index in [-0.39, 0.29) is 24.8 Å². The van der Waals surface area contributed by atoms with Crippen LogP contribution in [0.15, 0.2) is 25.9 Å². The average molecular weight is 374 g/mol. The second-order valence-corrected chi connectivity index (χ2v) is 6.61. The highest BCUT2D eigenvalue weighted by Crippen LogP contribution is 2.35. The number of nitrogens with zero attached hydrogens (tertiary/aromatic N) is 2. The van der Waals surface area contributed by atoms with Crippen molar-refractivity contribution < 1.29 is 14.1 Å². The van der Waals surface area contributed by atoms with Crippen LogP contribution in [0.2, 0.25) is 0 Å². The van der Waals surface area contributed by atoms with E-state index in [2.05, 4.69) is 20.3 Å². The molecule has 6 nitrogen and oxygen atoms in total. The van der Waals surface area contributed by atoms with E-state index in [4.69, 9.17) is 10.8 Å². The summed E-state index contributed by atoms with van der Waals surface area (Å²) in [7, 11) is -1.68. The van der Waals surface area contributed by atoms with Crippen molar-refractivity contribution in [1.29, 1.82) is 0 Å². The third kappa shape index (κ3) is 3.50. The largest absolute Gasteiger partial charge is 0.396 e. The molecule has 0 saturated carbocycles. The lowest BCUT2D eigenvalue weighted by molar-refractivity contribution is -0.116. The van der Waals surface area contributed by atoms with Crippen molar-refractivity contribution in [3.05, 3.63) is 22.2 Å². The normalized spacial score (nSPS) is 16.0. The highest BCUT2D eigenvalue weighted by Gasteiger charge is 2.25. The van der Waals surface area contributed by atoms with Crippen LogP contribution in [0.4, 0.5) is 5.69 Å². The van der Waals surface area contributed by atoms with Crippen LogP contribution in [0.25, 0.3) is 0 Å². The number of nitrogens with two attached hydrogens (primary N) is 1. The Labute approximate surface area is 133 Å². The molecule has 1 heterocycles. The molecule has 0 spiro atoms. The van der Waals surface area contributed by atoms with Gasteiger partial charge in [0.25, 0.3) is 0 Å². The second-order valence-electron chi connectivity index (χ2n) is 4.64. The van der Waals surface area contributed by atoms with E-state index in [0.29, 0.717) is 15.9 Å².